The standard InChI is InChI=1S/C22H43FN2/c1-16(2)20-13-25(14-21(20)23)19(6)10-9-18(5)24-12-8-11-22(7,15-24)17(3)4/h16-21H,8-15H2,1-7H3. The van der Waals surface area contributed by atoms with E-state index in [4.69, 9.17) is 0 Å². The lowest BCUT2D eigenvalue weighted by Crippen LogP contribution is -2.48. The van der Waals surface area contributed by atoms with Gasteiger partial charge in [0.25, 0.3) is 0 Å². The predicted molar refractivity (Wildman–Crippen MR) is 107 cm³/mol. The number of rotatable bonds is 7. The molecule has 0 amide bonds. The highest BCUT2D eigenvalue weighted by molar-refractivity contribution is 4.90. The van der Waals surface area contributed by atoms with Crippen molar-refractivity contribution in [2.75, 3.05) is 26.2 Å². The van der Waals surface area contributed by atoms with Gasteiger partial charge >= 0.3 is 0 Å². The molecule has 0 aromatic rings. The van der Waals surface area contributed by atoms with Gasteiger partial charge in [0.15, 0.2) is 0 Å². The Kier molecular flexibility index (Phi) is 7.35. The van der Waals surface area contributed by atoms with Crippen LogP contribution in [0.3, 0.4) is 0 Å². The van der Waals surface area contributed by atoms with Gasteiger partial charge in [-0.05, 0) is 63.3 Å². The van der Waals surface area contributed by atoms with Gasteiger partial charge in [0.2, 0.25) is 0 Å². The second kappa shape index (κ2) is 8.69. The van der Waals surface area contributed by atoms with Crippen LogP contribution >= 0.6 is 0 Å². The van der Waals surface area contributed by atoms with Crippen molar-refractivity contribution in [3.8, 4) is 0 Å². The largest absolute Gasteiger partial charge is 0.300 e. The Morgan fingerprint density at radius 3 is 2.08 bits per heavy atom. The Labute approximate surface area is 156 Å². The number of halogens is 1. The topological polar surface area (TPSA) is 6.48 Å². The Hall–Kier alpha value is -0.150. The highest BCUT2D eigenvalue weighted by Crippen LogP contribution is 2.37. The van der Waals surface area contributed by atoms with E-state index in [1.807, 2.05) is 0 Å². The van der Waals surface area contributed by atoms with E-state index < -0.39 is 6.17 Å². The van der Waals surface area contributed by atoms with Crippen LogP contribution < -0.4 is 0 Å². The van der Waals surface area contributed by atoms with Gasteiger partial charge < -0.3 is 4.90 Å². The quantitative estimate of drug-likeness (QED) is 0.618. The molecule has 2 heterocycles. The lowest BCUT2D eigenvalue weighted by molar-refractivity contribution is 0.0357. The van der Waals surface area contributed by atoms with E-state index >= 15 is 0 Å². The van der Waals surface area contributed by atoms with E-state index in [0.717, 1.165) is 12.5 Å². The monoisotopic (exact) mass is 354 g/mol. The smallest absolute Gasteiger partial charge is 0.117 e. The zero-order valence-electron chi connectivity index (χ0n) is 17.9. The van der Waals surface area contributed by atoms with Crippen LogP contribution in [0, 0.1) is 23.2 Å². The normalized spacial score (nSPS) is 34.8. The average molecular weight is 355 g/mol. The maximum atomic E-state index is 14.3. The van der Waals surface area contributed by atoms with Crippen molar-refractivity contribution in [2.45, 2.75) is 92.4 Å². The van der Waals surface area contributed by atoms with E-state index in [1.165, 1.54) is 38.8 Å². The minimum absolute atomic E-state index is 0.230. The third-order valence-electron chi connectivity index (χ3n) is 7.58. The van der Waals surface area contributed by atoms with Crippen molar-refractivity contribution < 1.29 is 4.39 Å². The molecule has 0 radical (unpaired) electrons. The molecule has 25 heavy (non-hydrogen) atoms. The molecule has 0 bridgehead atoms. The number of likely N-dealkylation sites (tertiary alicyclic amines) is 2. The van der Waals surface area contributed by atoms with E-state index in [1.54, 1.807) is 0 Å². The van der Waals surface area contributed by atoms with Crippen LogP contribution in [0.15, 0.2) is 0 Å². The van der Waals surface area contributed by atoms with Crippen molar-refractivity contribution in [2.24, 2.45) is 23.2 Å². The van der Waals surface area contributed by atoms with Gasteiger partial charge in [-0.25, -0.2) is 4.39 Å². The average Bonchev–Trinajstić information content (AvgIpc) is 2.94. The summed E-state index contributed by atoms with van der Waals surface area (Å²) >= 11 is 0. The van der Waals surface area contributed by atoms with Gasteiger partial charge in [-0.2, -0.15) is 0 Å². The number of hydrogen-bond acceptors (Lipinski definition) is 2. The Morgan fingerprint density at radius 2 is 1.56 bits per heavy atom. The summed E-state index contributed by atoms with van der Waals surface area (Å²) in [6.07, 6.45) is 4.49. The first-order chi connectivity index (χ1) is 11.6. The van der Waals surface area contributed by atoms with Crippen LogP contribution in [0.2, 0.25) is 0 Å². The van der Waals surface area contributed by atoms with Gasteiger partial charge in [-0.15, -0.1) is 0 Å². The number of piperidine rings is 1. The fraction of sp³-hybridized carbons (Fsp3) is 1.00. The second-order valence-corrected chi connectivity index (χ2v) is 10.0. The van der Waals surface area contributed by atoms with Crippen molar-refractivity contribution in [1.82, 2.24) is 9.80 Å². The molecule has 2 aliphatic rings. The molecule has 0 N–H and O–H groups in total. The molecule has 0 spiro atoms. The molecule has 5 unspecified atom stereocenters. The van der Waals surface area contributed by atoms with Crippen molar-refractivity contribution in [3.63, 3.8) is 0 Å². The van der Waals surface area contributed by atoms with Crippen LogP contribution in [0.1, 0.15) is 74.1 Å². The zero-order chi connectivity index (χ0) is 18.8. The SMILES string of the molecule is CC(C)C1CN(C(C)CCC(C)N2CCCC(C)(C(C)C)C2)CC1F. The summed E-state index contributed by atoms with van der Waals surface area (Å²) in [7, 11) is 0. The van der Waals surface area contributed by atoms with Crippen LogP contribution in [-0.4, -0.2) is 54.2 Å². The Balaban J connectivity index is 1.80. The van der Waals surface area contributed by atoms with Crippen molar-refractivity contribution >= 4 is 0 Å². The maximum absolute atomic E-state index is 14.3. The lowest BCUT2D eigenvalue weighted by Gasteiger charge is -2.46. The van der Waals surface area contributed by atoms with Gasteiger partial charge in [0.05, 0.1) is 0 Å². The molecular formula is C22H43FN2. The van der Waals surface area contributed by atoms with Gasteiger partial charge in [0, 0.05) is 37.6 Å². The van der Waals surface area contributed by atoms with Crippen LogP contribution in [0.4, 0.5) is 4.39 Å². The van der Waals surface area contributed by atoms with Crippen molar-refractivity contribution in [3.05, 3.63) is 0 Å². The van der Waals surface area contributed by atoms with Crippen LogP contribution in [0.5, 0.6) is 0 Å². The molecule has 2 rings (SSSR count). The molecule has 2 saturated heterocycles. The summed E-state index contributed by atoms with van der Waals surface area (Å²) < 4.78 is 14.3. The van der Waals surface area contributed by atoms with Gasteiger partial charge in [0.1, 0.15) is 6.17 Å². The maximum Gasteiger partial charge on any atom is 0.117 e. The molecule has 148 valence electrons. The lowest BCUT2D eigenvalue weighted by atomic mass is 9.73. The Bertz CT molecular complexity index is 411. The summed E-state index contributed by atoms with van der Waals surface area (Å²) in [5.41, 5.74) is 0.471. The minimum atomic E-state index is -0.631. The second-order valence-electron chi connectivity index (χ2n) is 10.0. The Morgan fingerprint density at radius 1 is 0.960 bits per heavy atom. The summed E-state index contributed by atoms with van der Waals surface area (Å²) in [6, 6.07) is 1.15. The molecule has 2 fully saturated rings. The first-order valence-electron chi connectivity index (χ1n) is 10.8. The number of nitrogens with zero attached hydrogens (tertiary/aromatic N) is 2. The molecule has 0 saturated carbocycles. The van der Waals surface area contributed by atoms with E-state index in [9.17, 15) is 4.39 Å². The molecule has 0 aliphatic carbocycles. The summed E-state index contributed by atoms with van der Waals surface area (Å²) in [6.45, 7) is 20.3. The first kappa shape index (κ1) is 21.2. The third-order valence-corrected chi connectivity index (χ3v) is 7.58. The third kappa shape index (κ3) is 5.19. The fourth-order valence-corrected chi connectivity index (χ4v) is 4.81. The summed E-state index contributed by atoms with van der Waals surface area (Å²) in [5.74, 6) is 1.43. The zero-order valence-corrected chi connectivity index (χ0v) is 17.9. The van der Waals surface area contributed by atoms with E-state index in [0.29, 0.717) is 30.0 Å². The highest BCUT2D eigenvalue weighted by atomic mass is 19.1. The van der Waals surface area contributed by atoms with Crippen molar-refractivity contribution in [1.29, 1.82) is 0 Å². The molecule has 2 nitrogen and oxygen atoms in total. The number of alkyl halides is 1. The molecule has 0 aromatic carbocycles. The molecule has 5 atom stereocenters. The molecule has 0 aromatic heterocycles. The molecular weight excluding hydrogens is 311 g/mol. The van der Waals surface area contributed by atoms with E-state index in [-0.39, 0.29) is 5.92 Å². The predicted octanol–water partition coefficient (Wildman–Crippen LogP) is 5.23. The van der Waals surface area contributed by atoms with Gasteiger partial charge in [-0.3, -0.25) is 4.90 Å². The minimum Gasteiger partial charge on any atom is -0.300 e. The number of hydrogen-bond donors (Lipinski definition) is 0. The van der Waals surface area contributed by atoms with Gasteiger partial charge in [-0.1, -0.05) is 34.6 Å². The molecule has 2 aliphatic heterocycles. The van der Waals surface area contributed by atoms with Crippen LogP contribution in [0.25, 0.3) is 0 Å². The molecule has 3 heteroatoms. The highest BCUT2D eigenvalue weighted by Gasteiger charge is 2.37. The van der Waals surface area contributed by atoms with E-state index in [2.05, 4.69) is 58.3 Å². The summed E-state index contributed by atoms with van der Waals surface area (Å²) in [4.78, 5) is 5.12. The first-order valence-corrected chi connectivity index (χ1v) is 10.8. The van der Waals surface area contributed by atoms with Crippen LogP contribution in [-0.2, 0) is 0 Å². The fourth-order valence-electron chi connectivity index (χ4n) is 4.81. The summed E-state index contributed by atoms with van der Waals surface area (Å²) in [5, 5.41) is 0.